The molecular formula is C9H13N5. The number of hydrogen-bond donors (Lipinski definition) is 0. The summed E-state index contributed by atoms with van der Waals surface area (Å²) >= 11 is 0. The molecule has 0 spiro atoms. The van der Waals surface area contributed by atoms with Crippen molar-refractivity contribution in [2.75, 3.05) is 0 Å². The average Bonchev–Trinajstić information content (AvgIpc) is 2.77. The molecular weight excluding hydrogens is 178 g/mol. The zero-order valence-corrected chi connectivity index (χ0v) is 8.38. The Morgan fingerprint density at radius 3 is 2.79 bits per heavy atom. The second kappa shape index (κ2) is 3.61. The van der Waals surface area contributed by atoms with E-state index in [0.29, 0.717) is 0 Å². The Hall–Kier alpha value is -1.65. The van der Waals surface area contributed by atoms with Gasteiger partial charge in [0, 0.05) is 25.9 Å². The fourth-order valence-corrected chi connectivity index (χ4v) is 1.41. The van der Waals surface area contributed by atoms with Crippen molar-refractivity contribution in [3.05, 3.63) is 30.4 Å². The molecule has 0 aliphatic carbocycles. The van der Waals surface area contributed by atoms with Gasteiger partial charge < -0.3 is 4.57 Å². The average molecular weight is 191 g/mol. The molecule has 0 bridgehead atoms. The molecule has 0 N–H and O–H groups in total. The van der Waals surface area contributed by atoms with E-state index in [2.05, 4.69) is 26.6 Å². The Labute approximate surface area is 82.4 Å². The van der Waals surface area contributed by atoms with Crippen LogP contribution in [0.4, 0.5) is 0 Å². The van der Waals surface area contributed by atoms with Crippen LogP contribution in [0.15, 0.2) is 18.7 Å². The van der Waals surface area contributed by atoms with Crippen molar-refractivity contribution < 1.29 is 0 Å². The third-order valence-electron chi connectivity index (χ3n) is 2.23. The predicted molar refractivity (Wildman–Crippen MR) is 51.7 cm³/mol. The third-order valence-corrected chi connectivity index (χ3v) is 2.23. The lowest BCUT2D eigenvalue weighted by Crippen LogP contribution is -2.08. The summed E-state index contributed by atoms with van der Waals surface area (Å²) in [5, 5.41) is 4.02. The fraction of sp³-hybridized carbons (Fsp3) is 0.444. The van der Waals surface area contributed by atoms with Crippen LogP contribution >= 0.6 is 0 Å². The number of hydrogen-bond acceptors (Lipinski definition) is 3. The molecule has 2 aromatic rings. The van der Waals surface area contributed by atoms with Crippen molar-refractivity contribution in [3.63, 3.8) is 0 Å². The van der Waals surface area contributed by atoms with Gasteiger partial charge in [-0.05, 0) is 0 Å². The van der Waals surface area contributed by atoms with E-state index in [4.69, 9.17) is 0 Å². The summed E-state index contributed by atoms with van der Waals surface area (Å²) in [7, 11) is 1.89. The van der Waals surface area contributed by atoms with Crippen LogP contribution in [-0.4, -0.2) is 24.3 Å². The van der Waals surface area contributed by atoms with E-state index >= 15 is 0 Å². The topological polar surface area (TPSA) is 48.5 Å². The van der Waals surface area contributed by atoms with E-state index in [0.717, 1.165) is 24.6 Å². The van der Waals surface area contributed by atoms with Gasteiger partial charge in [0.05, 0.1) is 6.54 Å². The summed E-state index contributed by atoms with van der Waals surface area (Å²) < 4.78 is 3.86. The van der Waals surface area contributed by atoms with Crippen LogP contribution < -0.4 is 0 Å². The molecule has 0 saturated carbocycles. The second-order valence-electron chi connectivity index (χ2n) is 3.12. The van der Waals surface area contributed by atoms with Gasteiger partial charge in [0.15, 0.2) is 0 Å². The van der Waals surface area contributed by atoms with Gasteiger partial charge in [-0.25, -0.2) is 9.97 Å². The molecule has 0 unspecified atom stereocenters. The molecule has 2 rings (SSSR count). The Kier molecular flexibility index (Phi) is 2.30. The molecule has 74 valence electrons. The lowest BCUT2D eigenvalue weighted by Gasteiger charge is -2.04. The van der Waals surface area contributed by atoms with Crippen LogP contribution in [-0.2, 0) is 20.0 Å². The van der Waals surface area contributed by atoms with Crippen molar-refractivity contribution in [2.24, 2.45) is 7.05 Å². The summed E-state index contributed by atoms with van der Waals surface area (Å²) in [5.74, 6) is 2.02. The van der Waals surface area contributed by atoms with Gasteiger partial charge >= 0.3 is 0 Å². The van der Waals surface area contributed by atoms with Gasteiger partial charge in [-0.3, -0.25) is 4.68 Å². The predicted octanol–water partition coefficient (Wildman–Crippen LogP) is 0.622. The summed E-state index contributed by atoms with van der Waals surface area (Å²) in [5.41, 5.74) is 0. The molecule has 0 aromatic carbocycles. The van der Waals surface area contributed by atoms with Crippen LogP contribution in [0, 0.1) is 0 Å². The molecule has 2 aromatic heterocycles. The van der Waals surface area contributed by atoms with Gasteiger partial charge in [-0.15, -0.1) is 0 Å². The first-order valence-electron chi connectivity index (χ1n) is 4.64. The molecule has 5 nitrogen and oxygen atoms in total. The van der Waals surface area contributed by atoms with E-state index in [1.165, 1.54) is 0 Å². The van der Waals surface area contributed by atoms with Crippen molar-refractivity contribution in [1.29, 1.82) is 0 Å². The molecule has 0 saturated heterocycles. The molecule has 0 aliphatic heterocycles. The summed E-state index contributed by atoms with van der Waals surface area (Å²) in [6.45, 7) is 2.83. The van der Waals surface area contributed by atoms with E-state index < -0.39 is 0 Å². The smallest absolute Gasteiger partial charge is 0.146 e. The maximum absolute atomic E-state index is 4.25. The minimum Gasteiger partial charge on any atom is -0.327 e. The lowest BCUT2D eigenvalue weighted by atomic mass is 10.4. The molecule has 2 heterocycles. The highest BCUT2D eigenvalue weighted by Crippen LogP contribution is 2.02. The molecule has 0 amide bonds. The van der Waals surface area contributed by atoms with E-state index in [1.807, 2.05) is 19.4 Å². The number of rotatable bonds is 3. The zero-order chi connectivity index (χ0) is 9.97. The molecule has 0 aliphatic rings. The summed E-state index contributed by atoms with van der Waals surface area (Å²) in [4.78, 5) is 8.42. The van der Waals surface area contributed by atoms with Crippen LogP contribution in [0.5, 0.6) is 0 Å². The highest BCUT2D eigenvalue weighted by molar-refractivity contribution is 4.96. The Bertz CT molecular complexity index is 414. The molecule has 14 heavy (non-hydrogen) atoms. The summed E-state index contributed by atoms with van der Waals surface area (Å²) in [6.07, 6.45) is 6.28. The van der Waals surface area contributed by atoms with Crippen molar-refractivity contribution in [1.82, 2.24) is 24.3 Å². The van der Waals surface area contributed by atoms with Crippen LogP contribution in [0.1, 0.15) is 18.6 Å². The molecule has 0 atom stereocenters. The highest BCUT2D eigenvalue weighted by atomic mass is 15.3. The standard InChI is InChI=1S/C9H13N5/c1-3-8-10-4-5-14(8)6-9-11-7-12-13(9)2/h4-5,7H,3,6H2,1-2H3. The first kappa shape index (κ1) is 8.93. The minimum atomic E-state index is 0.736. The van der Waals surface area contributed by atoms with Gasteiger partial charge in [-0.2, -0.15) is 5.10 Å². The maximum atomic E-state index is 4.25. The second-order valence-corrected chi connectivity index (χ2v) is 3.12. The van der Waals surface area contributed by atoms with Crippen molar-refractivity contribution in [3.8, 4) is 0 Å². The number of nitrogens with zero attached hydrogens (tertiary/aromatic N) is 5. The number of imidazole rings is 1. The van der Waals surface area contributed by atoms with Gasteiger partial charge in [0.1, 0.15) is 18.0 Å². The van der Waals surface area contributed by atoms with Gasteiger partial charge in [0.2, 0.25) is 0 Å². The Balaban J connectivity index is 2.22. The lowest BCUT2D eigenvalue weighted by molar-refractivity contribution is 0.634. The molecule has 0 radical (unpaired) electrons. The first-order valence-corrected chi connectivity index (χ1v) is 4.64. The zero-order valence-electron chi connectivity index (χ0n) is 8.38. The van der Waals surface area contributed by atoms with Crippen LogP contribution in [0.2, 0.25) is 0 Å². The van der Waals surface area contributed by atoms with Crippen molar-refractivity contribution >= 4 is 0 Å². The van der Waals surface area contributed by atoms with Gasteiger partial charge in [0.25, 0.3) is 0 Å². The van der Waals surface area contributed by atoms with Crippen molar-refractivity contribution in [2.45, 2.75) is 19.9 Å². The Morgan fingerprint density at radius 2 is 2.14 bits per heavy atom. The highest BCUT2D eigenvalue weighted by Gasteiger charge is 2.04. The van der Waals surface area contributed by atoms with Crippen LogP contribution in [0.3, 0.4) is 0 Å². The third kappa shape index (κ3) is 1.53. The monoisotopic (exact) mass is 191 g/mol. The van der Waals surface area contributed by atoms with E-state index in [1.54, 1.807) is 11.0 Å². The number of aryl methyl sites for hydroxylation is 2. The fourth-order valence-electron chi connectivity index (χ4n) is 1.41. The van der Waals surface area contributed by atoms with Crippen LogP contribution in [0.25, 0.3) is 0 Å². The first-order chi connectivity index (χ1) is 6.81. The molecule has 5 heteroatoms. The summed E-state index contributed by atoms with van der Waals surface area (Å²) in [6, 6.07) is 0. The maximum Gasteiger partial charge on any atom is 0.146 e. The van der Waals surface area contributed by atoms with E-state index in [-0.39, 0.29) is 0 Å². The Morgan fingerprint density at radius 1 is 1.29 bits per heavy atom. The van der Waals surface area contributed by atoms with E-state index in [9.17, 15) is 0 Å². The normalized spacial score (nSPS) is 10.7. The minimum absolute atomic E-state index is 0.736. The quantitative estimate of drug-likeness (QED) is 0.714. The number of aromatic nitrogens is 5. The van der Waals surface area contributed by atoms with Gasteiger partial charge in [-0.1, -0.05) is 6.92 Å². The largest absolute Gasteiger partial charge is 0.327 e. The SMILES string of the molecule is CCc1nccn1Cc1ncnn1C. The molecule has 0 fully saturated rings.